The Bertz CT molecular complexity index is 833. The summed E-state index contributed by atoms with van der Waals surface area (Å²) in [6.07, 6.45) is 0.493. The smallest absolute Gasteiger partial charge is 0.260 e. The molecule has 6 nitrogen and oxygen atoms in total. The predicted octanol–water partition coefficient (Wildman–Crippen LogP) is 1.78. The van der Waals surface area contributed by atoms with Gasteiger partial charge in [0.2, 0.25) is 10.0 Å². The fourth-order valence-corrected chi connectivity index (χ4v) is 4.46. The second kappa shape index (κ2) is 9.01. The highest BCUT2D eigenvalue weighted by Gasteiger charge is 2.28. The average Bonchev–Trinajstić information content (AvgIpc) is 2.72. The van der Waals surface area contributed by atoms with Crippen molar-refractivity contribution in [2.45, 2.75) is 6.42 Å². The minimum Gasteiger partial charge on any atom is -0.484 e. The van der Waals surface area contributed by atoms with Crippen molar-refractivity contribution in [2.75, 3.05) is 38.5 Å². The Morgan fingerprint density at radius 1 is 0.889 bits per heavy atom. The topological polar surface area (TPSA) is 66.9 Å². The highest BCUT2D eigenvalue weighted by Crippen LogP contribution is 2.12. The van der Waals surface area contributed by atoms with Crippen LogP contribution in [0, 0.1) is 0 Å². The van der Waals surface area contributed by atoms with Gasteiger partial charge in [-0.1, -0.05) is 48.5 Å². The number of aryl methyl sites for hydroxylation is 1. The summed E-state index contributed by atoms with van der Waals surface area (Å²) in [5.41, 5.74) is 1.01. The summed E-state index contributed by atoms with van der Waals surface area (Å²) in [6, 6.07) is 18.8. The van der Waals surface area contributed by atoms with Gasteiger partial charge in [0.15, 0.2) is 6.61 Å². The molecule has 0 unspecified atom stereocenters. The molecule has 2 aromatic carbocycles. The Balaban J connectivity index is 1.45. The molecule has 0 spiro atoms. The number of ether oxygens (including phenoxy) is 1. The molecule has 2 aromatic rings. The van der Waals surface area contributed by atoms with Gasteiger partial charge in [0.1, 0.15) is 5.75 Å². The Labute approximate surface area is 160 Å². The van der Waals surface area contributed by atoms with Crippen LogP contribution >= 0.6 is 0 Å². The van der Waals surface area contributed by atoms with E-state index in [1.807, 2.05) is 48.5 Å². The first-order valence-corrected chi connectivity index (χ1v) is 10.6. The standard InChI is InChI=1S/C20H24N2O4S/c23-20(17-26-19-9-5-2-6-10-19)21-12-14-22(15-13-21)27(24,25)16-11-18-7-3-1-4-8-18/h1-10H,11-17H2. The van der Waals surface area contributed by atoms with Crippen LogP contribution in [-0.4, -0.2) is 62.1 Å². The molecular weight excluding hydrogens is 364 g/mol. The molecule has 3 rings (SSSR count). The summed E-state index contributed by atoms with van der Waals surface area (Å²) < 4.78 is 32.1. The Hall–Kier alpha value is -2.38. The SMILES string of the molecule is O=C(COc1ccccc1)N1CCN(S(=O)(=O)CCc2ccccc2)CC1. The van der Waals surface area contributed by atoms with Gasteiger partial charge in [-0.3, -0.25) is 4.79 Å². The third-order valence-electron chi connectivity index (χ3n) is 4.58. The number of nitrogens with zero attached hydrogens (tertiary/aromatic N) is 2. The third kappa shape index (κ3) is 5.55. The lowest BCUT2D eigenvalue weighted by Gasteiger charge is -2.34. The zero-order chi connectivity index (χ0) is 19.1. The molecule has 0 aromatic heterocycles. The summed E-state index contributed by atoms with van der Waals surface area (Å²) in [5.74, 6) is 0.607. The van der Waals surface area contributed by atoms with Crippen molar-refractivity contribution in [3.8, 4) is 5.75 Å². The van der Waals surface area contributed by atoms with Crippen LogP contribution in [-0.2, 0) is 21.2 Å². The summed E-state index contributed by atoms with van der Waals surface area (Å²) in [7, 11) is -3.32. The number of piperazine rings is 1. The highest BCUT2D eigenvalue weighted by atomic mass is 32.2. The number of sulfonamides is 1. The zero-order valence-electron chi connectivity index (χ0n) is 15.2. The summed E-state index contributed by atoms with van der Waals surface area (Å²) in [5, 5.41) is 0. The summed E-state index contributed by atoms with van der Waals surface area (Å²) in [6.45, 7) is 1.40. The molecule has 0 saturated carbocycles. The maximum atomic E-state index is 12.5. The number of carbonyl (C=O) groups is 1. The number of hydrogen-bond donors (Lipinski definition) is 0. The van der Waals surface area contributed by atoms with Crippen molar-refractivity contribution in [3.05, 3.63) is 66.2 Å². The van der Waals surface area contributed by atoms with Gasteiger partial charge >= 0.3 is 0 Å². The first kappa shape index (κ1) is 19.4. The van der Waals surface area contributed by atoms with Crippen molar-refractivity contribution in [1.82, 2.24) is 9.21 Å². The number of rotatable bonds is 7. The lowest BCUT2D eigenvalue weighted by molar-refractivity contribution is -0.134. The van der Waals surface area contributed by atoms with E-state index in [4.69, 9.17) is 4.74 Å². The molecule has 0 atom stereocenters. The number of para-hydroxylation sites is 1. The van der Waals surface area contributed by atoms with E-state index >= 15 is 0 Å². The molecule has 0 N–H and O–H groups in total. The number of carbonyl (C=O) groups excluding carboxylic acids is 1. The van der Waals surface area contributed by atoms with Gasteiger partial charge in [0.25, 0.3) is 5.91 Å². The van der Waals surface area contributed by atoms with Gasteiger partial charge in [-0.15, -0.1) is 0 Å². The van der Waals surface area contributed by atoms with Gasteiger partial charge in [0.05, 0.1) is 5.75 Å². The van der Waals surface area contributed by atoms with E-state index in [-0.39, 0.29) is 18.3 Å². The van der Waals surface area contributed by atoms with Gasteiger partial charge in [-0.2, -0.15) is 4.31 Å². The molecule has 27 heavy (non-hydrogen) atoms. The Kier molecular flexibility index (Phi) is 6.47. The van der Waals surface area contributed by atoms with Crippen LogP contribution in [0.1, 0.15) is 5.56 Å². The molecule has 0 radical (unpaired) electrons. The second-order valence-corrected chi connectivity index (χ2v) is 8.52. The van der Waals surface area contributed by atoms with E-state index in [0.717, 1.165) is 5.56 Å². The van der Waals surface area contributed by atoms with Crippen LogP contribution in [0.15, 0.2) is 60.7 Å². The van der Waals surface area contributed by atoms with Crippen molar-refractivity contribution >= 4 is 15.9 Å². The minimum absolute atomic E-state index is 0.0369. The maximum Gasteiger partial charge on any atom is 0.260 e. The van der Waals surface area contributed by atoms with E-state index < -0.39 is 10.0 Å². The molecule has 1 aliphatic rings. The quantitative estimate of drug-likeness (QED) is 0.725. The van der Waals surface area contributed by atoms with Crippen LogP contribution in [0.3, 0.4) is 0 Å². The number of amides is 1. The van der Waals surface area contributed by atoms with E-state index in [2.05, 4.69) is 0 Å². The molecule has 1 saturated heterocycles. The van der Waals surface area contributed by atoms with Crippen molar-refractivity contribution < 1.29 is 17.9 Å². The normalized spacial score (nSPS) is 15.5. The average molecular weight is 388 g/mol. The molecule has 144 valence electrons. The van der Waals surface area contributed by atoms with E-state index in [0.29, 0.717) is 38.3 Å². The van der Waals surface area contributed by atoms with E-state index in [1.165, 1.54) is 4.31 Å². The number of benzene rings is 2. The van der Waals surface area contributed by atoms with Gasteiger partial charge in [-0.05, 0) is 24.1 Å². The van der Waals surface area contributed by atoms with Crippen molar-refractivity contribution in [2.24, 2.45) is 0 Å². The molecule has 1 amide bonds. The maximum absolute atomic E-state index is 12.5. The first-order chi connectivity index (χ1) is 13.0. The largest absolute Gasteiger partial charge is 0.484 e. The van der Waals surface area contributed by atoms with Gasteiger partial charge < -0.3 is 9.64 Å². The molecule has 1 aliphatic heterocycles. The lowest BCUT2D eigenvalue weighted by atomic mass is 10.2. The molecule has 0 bridgehead atoms. The van der Waals surface area contributed by atoms with Crippen LogP contribution in [0.5, 0.6) is 5.75 Å². The summed E-state index contributed by atoms with van der Waals surface area (Å²) >= 11 is 0. The molecule has 1 heterocycles. The second-order valence-electron chi connectivity index (χ2n) is 6.43. The van der Waals surface area contributed by atoms with E-state index in [1.54, 1.807) is 17.0 Å². The van der Waals surface area contributed by atoms with Gasteiger partial charge in [0, 0.05) is 26.2 Å². The van der Waals surface area contributed by atoms with Gasteiger partial charge in [-0.25, -0.2) is 8.42 Å². The van der Waals surface area contributed by atoms with E-state index in [9.17, 15) is 13.2 Å². The van der Waals surface area contributed by atoms with Crippen molar-refractivity contribution in [3.63, 3.8) is 0 Å². The van der Waals surface area contributed by atoms with Crippen molar-refractivity contribution in [1.29, 1.82) is 0 Å². The van der Waals surface area contributed by atoms with Crippen LogP contribution < -0.4 is 4.74 Å². The van der Waals surface area contributed by atoms with Crippen LogP contribution in [0.2, 0.25) is 0 Å². The minimum atomic E-state index is -3.32. The lowest BCUT2D eigenvalue weighted by Crippen LogP contribution is -2.52. The Morgan fingerprint density at radius 2 is 1.48 bits per heavy atom. The molecule has 0 aliphatic carbocycles. The highest BCUT2D eigenvalue weighted by molar-refractivity contribution is 7.89. The Morgan fingerprint density at radius 3 is 2.11 bits per heavy atom. The molecule has 1 fully saturated rings. The third-order valence-corrected chi connectivity index (χ3v) is 6.45. The zero-order valence-corrected chi connectivity index (χ0v) is 16.0. The predicted molar refractivity (Wildman–Crippen MR) is 104 cm³/mol. The molecular formula is C20H24N2O4S. The van der Waals surface area contributed by atoms with Crippen LogP contribution in [0.25, 0.3) is 0 Å². The molecule has 7 heteroatoms. The van der Waals surface area contributed by atoms with Crippen LogP contribution in [0.4, 0.5) is 0 Å². The fourth-order valence-electron chi connectivity index (χ4n) is 2.99. The summed E-state index contributed by atoms with van der Waals surface area (Å²) in [4.78, 5) is 13.9. The fraction of sp³-hybridized carbons (Fsp3) is 0.350. The monoisotopic (exact) mass is 388 g/mol. The number of hydrogen-bond acceptors (Lipinski definition) is 4. The first-order valence-electron chi connectivity index (χ1n) is 9.02.